The minimum Gasteiger partial charge on any atom is -0.474 e. The summed E-state index contributed by atoms with van der Waals surface area (Å²) in [5, 5.41) is 4.73. The second kappa shape index (κ2) is 7.38. The van der Waals surface area contributed by atoms with Gasteiger partial charge in [-0.1, -0.05) is 12.5 Å². The monoisotopic (exact) mass is 392 g/mol. The van der Waals surface area contributed by atoms with Gasteiger partial charge in [0.05, 0.1) is 23.6 Å². The molecule has 2 aromatic heterocycles. The molecule has 1 saturated carbocycles. The standard InChI is InChI=1S/C19H19F3N4O2/c1-27-16(12-4-2-5-12)10-28-18-15-9-25-26(17(15)23-11-24-18)14-7-3-6-13(8-14)19(20,21)22/h3,6-9,11-12,16H,2,4-5,10H2,1H3. The summed E-state index contributed by atoms with van der Waals surface area (Å²) in [7, 11) is 1.66. The van der Waals surface area contributed by atoms with Crippen LogP contribution < -0.4 is 4.74 Å². The summed E-state index contributed by atoms with van der Waals surface area (Å²) in [6, 6.07) is 4.94. The number of hydrogen-bond acceptors (Lipinski definition) is 5. The van der Waals surface area contributed by atoms with Crippen molar-refractivity contribution in [3.05, 3.63) is 42.4 Å². The van der Waals surface area contributed by atoms with Gasteiger partial charge in [-0.05, 0) is 37.0 Å². The third kappa shape index (κ3) is 3.54. The van der Waals surface area contributed by atoms with Crippen LogP contribution in [0.5, 0.6) is 5.88 Å². The number of aromatic nitrogens is 4. The van der Waals surface area contributed by atoms with Crippen molar-refractivity contribution in [3.8, 4) is 11.6 Å². The van der Waals surface area contributed by atoms with Crippen LogP contribution in [0.3, 0.4) is 0 Å². The van der Waals surface area contributed by atoms with Gasteiger partial charge in [0.1, 0.15) is 18.3 Å². The lowest BCUT2D eigenvalue weighted by Crippen LogP contribution is -2.33. The van der Waals surface area contributed by atoms with E-state index in [9.17, 15) is 13.2 Å². The first-order valence-electron chi connectivity index (χ1n) is 8.99. The SMILES string of the molecule is COC(COc1ncnc2c1cnn2-c1cccc(C(F)(F)F)c1)C1CCC1. The lowest BCUT2D eigenvalue weighted by molar-refractivity contribution is -0.137. The molecule has 0 saturated heterocycles. The molecule has 9 heteroatoms. The van der Waals surface area contributed by atoms with E-state index in [1.807, 2.05) is 0 Å². The molecule has 6 nitrogen and oxygen atoms in total. The van der Waals surface area contributed by atoms with E-state index in [1.54, 1.807) is 13.2 Å². The Balaban J connectivity index is 1.62. The number of ether oxygens (including phenoxy) is 2. The average Bonchev–Trinajstić information content (AvgIpc) is 3.07. The zero-order valence-electron chi connectivity index (χ0n) is 15.2. The molecule has 4 rings (SSSR count). The Bertz CT molecular complexity index is 969. The summed E-state index contributed by atoms with van der Waals surface area (Å²) in [5.74, 6) is 0.819. The minimum atomic E-state index is -4.43. The number of alkyl halides is 3. The normalized spacial score (nSPS) is 16.1. The molecular formula is C19H19F3N4O2. The third-order valence-corrected chi connectivity index (χ3v) is 5.11. The molecule has 1 aliphatic rings. The van der Waals surface area contributed by atoms with Crippen LogP contribution in [-0.4, -0.2) is 39.6 Å². The van der Waals surface area contributed by atoms with Gasteiger partial charge < -0.3 is 9.47 Å². The molecule has 1 aliphatic carbocycles. The summed E-state index contributed by atoms with van der Waals surface area (Å²) in [6.07, 6.45) is 1.80. The third-order valence-electron chi connectivity index (χ3n) is 5.11. The lowest BCUT2D eigenvalue weighted by Gasteiger charge is -2.32. The summed E-state index contributed by atoms with van der Waals surface area (Å²) in [5.41, 5.74) is -0.108. The number of benzene rings is 1. The highest BCUT2D eigenvalue weighted by atomic mass is 19.4. The molecule has 0 spiro atoms. The van der Waals surface area contributed by atoms with Crippen LogP contribution in [-0.2, 0) is 10.9 Å². The fourth-order valence-electron chi connectivity index (χ4n) is 3.31. The fraction of sp³-hybridized carbons (Fsp3) is 0.421. The van der Waals surface area contributed by atoms with Crippen molar-refractivity contribution in [2.45, 2.75) is 31.5 Å². The van der Waals surface area contributed by atoms with E-state index < -0.39 is 11.7 Å². The number of rotatable bonds is 6. The molecule has 1 fully saturated rings. The Labute approximate surface area is 159 Å². The van der Waals surface area contributed by atoms with Gasteiger partial charge in [0.2, 0.25) is 5.88 Å². The second-order valence-corrected chi connectivity index (χ2v) is 6.80. The molecule has 1 aromatic carbocycles. The second-order valence-electron chi connectivity index (χ2n) is 6.80. The zero-order valence-corrected chi connectivity index (χ0v) is 15.2. The largest absolute Gasteiger partial charge is 0.474 e. The van der Waals surface area contributed by atoms with E-state index in [0.29, 0.717) is 29.4 Å². The summed E-state index contributed by atoms with van der Waals surface area (Å²) >= 11 is 0. The molecule has 0 N–H and O–H groups in total. The van der Waals surface area contributed by atoms with Gasteiger partial charge in [-0.15, -0.1) is 0 Å². The van der Waals surface area contributed by atoms with Gasteiger partial charge in [-0.3, -0.25) is 0 Å². The summed E-state index contributed by atoms with van der Waals surface area (Å²) in [6.45, 7) is 0.349. The van der Waals surface area contributed by atoms with E-state index in [2.05, 4.69) is 15.1 Å². The van der Waals surface area contributed by atoms with Crippen molar-refractivity contribution in [2.75, 3.05) is 13.7 Å². The van der Waals surface area contributed by atoms with Gasteiger partial charge >= 0.3 is 6.18 Å². The van der Waals surface area contributed by atoms with Crippen LogP contribution in [0.15, 0.2) is 36.8 Å². The number of hydrogen-bond donors (Lipinski definition) is 0. The number of methoxy groups -OCH3 is 1. The summed E-state index contributed by atoms with van der Waals surface area (Å²) < 4.78 is 51.7. The number of fused-ring (bicyclic) bond motifs is 1. The Morgan fingerprint density at radius 3 is 2.75 bits per heavy atom. The maximum absolute atomic E-state index is 13.0. The van der Waals surface area contributed by atoms with E-state index >= 15 is 0 Å². The highest BCUT2D eigenvalue weighted by Crippen LogP contribution is 2.33. The van der Waals surface area contributed by atoms with Crippen molar-refractivity contribution in [1.29, 1.82) is 0 Å². The average molecular weight is 392 g/mol. The predicted octanol–water partition coefficient (Wildman–Crippen LogP) is 4.03. The lowest BCUT2D eigenvalue weighted by atomic mass is 9.81. The first-order chi connectivity index (χ1) is 13.5. The van der Waals surface area contributed by atoms with Crippen molar-refractivity contribution >= 4 is 11.0 Å². The molecule has 0 bridgehead atoms. The fourth-order valence-corrected chi connectivity index (χ4v) is 3.31. The highest BCUT2D eigenvalue weighted by Gasteiger charge is 2.31. The van der Waals surface area contributed by atoms with Crippen LogP contribution in [0.1, 0.15) is 24.8 Å². The Morgan fingerprint density at radius 1 is 1.25 bits per heavy atom. The van der Waals surface area contributed by atoms with Crippen molar-refractivity contribution in [1.82, 2.24) is 19.7 Å². The van der Waals surface area contributed by atoms with Crippen LogP contribution >= 0.6 is 0 Å². The Morgan fingerprint density at radius 2 is 2.07 bits per heavy atom. The van der Waals surface area contributed by atoms with Gasteiger partial charge in [0.15, 0.2) is 5.65 Å². The maximum Gasteiger partial charge on any atom is 0.416 e. The maximum atomic E-state index is 13.0. The zero-order chi connectivity index (χ0) is 19.7. The quantitative estimate of drug-likeness (QED) is 0.634. The predicted molar refractivity (Wildman–Crippen MR) is 95.3 cm³/mol. The topological polar surface area (TPSA) is 62.1 Å². The molecular weight excluding hydrogens is 373 g/mol. The first kappa shape index (κ1) is 18.7. The molecule has 3 aromatic rings. The number of halogens is 3. The van der Waals surface area contributed by atoms with Crippen molar-refractivity contribution in [3.63, 3.8) is 0 Å². The van der Waals surface area contributed by atoms with Gasteiger partial charge in [-0.2, -0.15) is 18.3 Å². The molecule has 0 aliphatic heterocycles. The van der Waals surface area contributed by atoms with Gasteiger partial charge in [0.25, 0.3) is 0 Å². The number of nitrogens with zero attached hydrogens (tertiary/aromatic N) is 4. The van der Waals surface area contributed by atoms with Crippen LogP contribution in [0, 0.1) is 5.92 Å². The Hall–Kier alpha value is -2.68. The molecule has 0 amide bonds. The van der Waals surface area contributed by atoms with Gasteiger partial charge in [0, 0.05) is 7.11 Å². The van der Waals surface area contributed by atoms with Crippen LogP contribution in [0.4, 0.5) is 13.2 Å². The molecule has 1 atom stereocenters. The van der Waals surface area contributed by atoms with E-state index in [0.717, 1.165) is 25.0 Å². The smallest absolute Gasteiger partial charge is 0.416 e. The molecule has 28 heavy (non-hydrogen) atoms. The van der Waals surface area contributed by atoms with E-state index in [4.69, 9.17) is 9.47 Å². The highest BCUT2D eigenvalue weighted by molar-refractivity contribution is 5.81. The van der Waals surface area contributed by atoms with E-state index in [-0.39, 0.29) is 11.8 Å². The Kier molecular flexibility index (Phi) is 4.92. The van der Waals surface area contributed by atoms with E-state index in [1.165, 1.54) is 29.7 Å². The van der Waals surface area contributed by atoms with Gasteiger partial charge in [-0.25, -0.2) is 14.6 Å². The summed E-state index contributed by atoms with van der Waals surface area (Å²) in [4.78, 5) is 8.33. The molecule has 0 radical (unpaired) electrons. The van der Waals surface area contributed by atoms with Crippen molar-refractivity contribution < 1.29 is 22.6 Å². The molecule has 1 unspecified atom stereocenters. The molecule has 148 valence electrons. The molecule has 2 heterocycles. The minimum absolute atomic E-state index is 0.0164. The van der Waals surface area contributed by atoms with Crippen LogP contribution in [0.2, 0.25) is 0 Å². The van der Waals surface area contributed by atoms with Crippen molar-refractivity contribution in [2.24, 2.45) is 5.92 Å². The first-order valence-corrected chi connectivity index (χ1v) is 8.99. The van der Waals surface area contributed by atoms with Crippen LogP contribution in [0.25, 0.3) is 16.7 Å².